The van der Waals surface area contributed by atoms with Crippen LogP contribution in [-0.2, 0) is 0 Å². The van der Waals surface area contributed by atoms with E-state index in [2.05, 4.69) is 138 Å². The van der Waals surface area contributed by atoms with E-state index >= 15 is 0 Å². The molecule has 0 aliphatic heterocycles. The highest BCUT2D eigenvalue weighted by Crippen LogP contribution is 2.42. The highest BCUT2D eigenvalue weighted by Gasteiger charge is 2.18. The summed E-state index contributed by atoms with van der Waals surface area (Å²) in [7, 11) is 0. The smallest absolute Gasteiger partial charge is 0.164 e. The predicted octanol–water partition coefficient (Wildman–Crippen LogP) is 12.0. The van der Waals surface area contributed by atoms with Crippen LogP contribution >= 0.6 is 11.3 Å². The summed E-state index contributed by atoms with van der Waals surface area (Å²) in [5.74, 6) is 1.96. The average Bonchev–Trinajstić information content (AvgIpc) is 3.74. The van der Waals surface area contributed by atoms with Gasteiger partial charge in [-0.25, -0.2) is 15.0 Å². The fourth-order valence-corrected chi connectivity index (χ4v) is 8.32. The first-order chi connectivity index (χ1) is 24.8. The Morgan fingerprint density at radius 3 is 1.50 bits per heavy atom. The van der Waals surface area contributed by atoms with Crippen LogP contribution in [0.1, 0.15) is 0 Å². The maximum atomic E-state index is 5.07. The molecule has 0 saturated heterocycles. The van der Waals surface area contributed by atoms with Crippen molar-refractivity contribution in [2.24, 2.45) is 0 Å². The van der Waals surface area contributed by atoms with Gasteiger partial charge < -0.3 is 4.57 Å². The Morgan fingerprint density at radius 1 is 0.360 bits per heavy atom. The maximum Gasteiger partial charge on any atom is 0.164 e. The van der Waals surface area contributed by atoms with Crippen molar-refractivity contribution in [1.29, 1.82) is 0 Å². The molecule has 0 saturated carbocycles. The third kappa shape index (κ3) is 4.71. The molecule has 234 valence electrons. The Kier molecular flexibility index (Phi) is 6.64. The van der Waals surface area contributed by atoms with Gasteiger partial charge in [0.15, 0.2) is 17.5 Å². The van der Waals surface area contributed by atoms with Gasteiger partial charge in [0.2, 0.25) is 0 Å². The van der Waals surface area contributed by atoms with E-state index in [-0.39, 0.29) is 0 Å². The predicted molar refractivity (Wildman–Crippen MR) is 209 cm³/mol. The van der Waals surface area contributed by atoms with E-state index < -0.39 is 0 Å². The van der Waals surface area contributed by atoms with Gasteiger partial charge in [-0.05, 0) is 35.4 Å². The van der Waals surface area contributed by atoms with Crippen molar-refractivity contribution in [3.8, 4) is 51.0 Å². The van der Waals surface area contributed by atoms with E-state index in [0.717, 1.165) is 22.3 Å². The molecule has 10 aromatic rings. The molecule has 0 bridgehead atoms. The molecule has 0 N–H and O–H groups in total. The Bertz CT molecular complexity index is 2800. The monoisotopic (exact) mass is 656 g/mol. The number of aromatic nitrogens is 4. The summed E-state index contributed by atoms with van der Waals surface area (Å²) in [5, 5.41) is 5.00. The first-order valence-corrected chi connectivity index (χ1v) is 17.5. The van der Waals surface area contributed by atoms with Crippen LogP contribution in [-0.4, -0.2) is 19.5 Å². The second-order valence-corrected chi connectivity index (χ2v) is 13.5. The van der Waals surface area contributed by atoms with Gasteiger partial charge in [-0.2, -0.15) is 0 Å². The number of fused-ring (bicyclic) bond motifs is 6. The van der Waals surface area contributed by atoms with E-state index in [4.69, 9.17) is 15.0 Å². The Hall–Kier alpha value is -6.43. The van der Waals surface area contributed by atoms with E-state index in [1.165, 1.54) is 53.2 Å². The highest BCUT2D eigenvalue weighted by molar-refractivity contribution is 7.26. The average molecular weight is 657 g/mol. The van der Waals surface area contributed by atoms with Crippen LogP contribution < -0.4 is 0 Å². The summed E-state index contributed by atoms with van der Waals surface area (Å²) in [4.78, 5) is 15.1. The Balaban J connectivity index is 1.12. The molecule has 0 amide bonds. The van der Waals surface area contributed by atoms with Crippen molar-refractivity contribution in [2.75, 3.05) is 0 Å². The van der Waals surface area contributed by atoms with Gasteiger partial charge in [0, 0.05) is 42.9 Å². The summed E-state index contributed by atoms with van der Waals surface area (Å²) in [6, 6.07) is 59.6. The second-order valence-electron chi connectivity index (χ2n) is 12.5. The number of benzene rings is 7. The Labute approximate surface area is 292 Å². The van der Waals surface area contributed by atoms with Gasteiger partial charge in [0.05, 0.1) is 21.4 Å². The van der Waals surface area contributed by atoms with Crippen LogP contribution in [0.2, 0.25) is 0 Å². The molecule has 0 aliphatic carbocycles. The largest absolute Gasteiger partial charge is 0.308 e. The first kappa shape index (κ1) is 28.6. The normalized spacial score (nSPS) is 11.6. The lowest BCUT2D eigenvalue weighted by Crippen LogP contribution is -2.00. The third-order valence-corrected chi connectivity index (χ3v) is 10.7. The number of para-hydroxylation sites is 2. The van der Waals surface area contributed by atoms with Crippen molar-refractivity contribution in [1.82, 2.24) is 19.5 Å². The fourth-order valence-electron chi connectivity index (χ4n) is 7.07. The Morgan fingerprint density at radius 2 is 0.840 bits per heavy atom. The minimum absolute atomic E-state index is 0.651. The lowest BCUT2D eigenvalue weighted by molar-refractivity contribution is 1.07. The maximum absolute atomic E-state index is 5.07. The van der Waals surface area contributed by atoms with Crippen LogP contribution in [0, 0.1) is 0 Å². The second kappa shape index (κ2) is 11.6. The molecule has 0 unspecified atom stereocenters. The number of thiophene rings is 1. The molecular formula is C45H28N4S. The van der Waals surface area contributed by atoms with E-state index in [1.807, 2.05) is 47.7 Å². The number of hydrogen-bond donors (Lipinski definition) is 0. The summed E-state index contributed by atoms with van der Waals surface area (Å²) >= 11 is 1.82. The summed E-state index contributed by atoms with van der Waals surface area (Å²) in [5.41, 5.74) is 8.81. The van der Waals surface area contributed by atoms with Gasteiger partial charge >= 0.3 is 0 Å². The van der Waals surface area contributed by atoms with Crippen molar-refractivity contribution < 1.29 is 0 Å². The van der Waals surface area contributed by atoms with Crippen molar-refractivity contribution >= 4 is 53.3 Å². The quantitative estimate of drug-likeness (QED) is 0.185. The van der Waals surface area contributed by atoms with Crippen molar-refractivity contribution in [3.63, 3.8) is 0 Å². The minimum Gasteiger partial charge on any atom is -0.308 e. The summed E-state index contributed by atoms with van der Waals surface area (Å²) in [6.45, 7) is 0. The molecule has 10 rings (SSSR count). The number of hydrogen-bond acceptors (Lipinski definition) is 4. The molecular weight excluding hydrogens is 629 g/mol. The van der Waals surface area contributed by atoms with Crippen LogP contribution in [0.15, 0.2) is 170 Å². The molecule has 0 fully saturated rings. The van der Waals surface area contributed by atoms with Crippen LogP contribution in [0.5, 0.6) is 0 Å². The van der Waals surface area contributed by atoms with E-state index in [1.54, 1.807) is 0 Å². The van der Waals surface area contributed by atoms with Crippen LogP contribution in [0.3, 0.4) is 0 Å². The third-order valence-electron chi connectivity index (χ3n) is 9.47. The van der Waals surface area contributed by atoms with E-state index in [0.29, 0.717) is 17.5 Å². The zero-order valence-electron chi connectivity index (χ0n) is 26.9. The molecule has 3 aromatic heterocycles. The zero-order valence-corrected chi connectivity index (χ0v) is 27.7. The molecule has 5 heteroatoms. The summed E-state index contributed by atoms with van der Waals surface area (Å²) < 4.78 is 4.86. The van der Waals surface area contributed by atoms with Crippen molar-refractivity contribution in [2.45, 2.75) is 0 Å². The molecule has 50 heavy (non-hydrogen) atoms. The van der Waals surface area contributed by atoms with Gasteiger partial charge in [-0.3, -0.25) is 0 Å². The SMILES string of the molecule is c1ccc(-c2ccc(-c3nc(-c4ccccc4)nc(-c4ccc5c(c4)sc4c(-n6c7ccccc7c7ccccc76)cccc45)n3)cc2)cc1. The fraction of sp³-hybridized carbons (Fsp3) is 0. The number of nitrogens with zero attached hydrogens (tertiary/aromatic N) is 4. The minimum atomic E-state index is 0.651. The standard InChI is InChI=1S/C45H28N4S/c1-3-12-29(13-4-1)30-22-24-32(25-23-30)44-46-43(31-14-5-2-6-15-31)47-45(48-44)33-26-27-36-37-18-11-21-40(42(37)50-41(36)28-33)49-38-19-9-7-16-34(38)35-17-8-10-20-39(35)49/h1-28H. The number of rotatable bonds is 5. The van der Waals surface area contributed by atoms with Crippen LogP contribution in [0.4, 0.5) is 0 Å². The molecule has 0 aliphatic rings. The molecule has 3 heterocycles. The zero-order chi connectivity index (χ0) is 33.0. The lowest BCUT2D eigenvalue weighted by atomic mass is 10.0. The highest BCUT2D eigenvalue weighted by atomic mass is 32.1. The molecule has 0 radical (unpaired) electrons. The van der Waals surface area contributed by atoms with Gasteiger partial charge in [-0.15, -0.1) is 11.3 Å². The molecule has 7 aromatic carbocycles. The van der Waals surface area contributed by atoms with Crippen molar-refractivity contribution in [3.05, 3.63) is 170 Å². The molecule has 0 spiro atoms. The lowest BCUT2D eigenvalue weighted by Gasteiger charge is -2.09. The van der Waals surface area contributed by atoms with Gasteiger partial charge in [-0.1, -0.05) is 146 Å². The van der Waals surface area contributed by atoms with Gasteiger partial charge in [0.25, 0.3) is 0 Å². The van der Waals surface area contributed by atoms with Crippen LogP contribution in [0.25, 0.3) is 93.0 Å². The molecule has 0 atom stereocenters. The molecule has 4 nitrogen and oxygen atoms in total. The topological polar surface area (TPSA) is 43.6 Å². The first-order valence-electron chi connectivity index (χ1n) is 16.7. The van der Waals surface area contributed by atoms with E-state index in [9.17, 15) is 0 Å². The van der Waals surface area contributed by atoms with Gasteiger partial charge in [0.1, 0.15) is 0 Å². The summed E-state index contributed by atoms with van der Waals surface area (Å²) in [6.07, 6.45) is 0.